The molecule has 1 fully saturated rings. The molecule has 0 saturated carbocycles. The van der Waals surface area contributed by atoms with Gasteiger partial charge in [0.2, 0.25) is 0 Å². The normalized spacial score (nSPS) is 17.4. The van der Waals surface area contributed by atoms with Crippen LogP contribution in [0.3, 0.4) is 0 Å². The van der Waals surface area contributed by atoms with E-state index >= 15 is 0 Å². The van der Waals surface area contributed by atoms with Crippen molar-refractivity contribution < 1.29 is 4.74 Å². The van der Waals surface area contributed by atoms with Gasteiger partial charge in [-0.05, 0) is 24.0 Å². The molecule has 0 bridgehead atoms. The number of piperazine rings is 1. The van der Waals surface area contributed by atoms with Crippen LogP contribution in [-0.4, -0.2) is 38.2 Å². The summed E-state index contributed by atoms with van der Waals surface area (Å²) in [5.41, 5.74) is 2.80. The molecular formula is C20H34N2O. The van der Waals surface area contributed by atoms with Crippen LogP contribution >= 0.6 is 0 Å². The molecule has 0 spiro atoms. The van der Waals surface area contributed by atoms with Crippen molar-refractivity contribution in [1.82, 2.24) is 10.2 Å². The highest BCUT2D eigenvalue weighted by atomic mass is 16.5. The Labute approximate surface area is 142 Å². The molecule has 0 unspecified atom stereocenters. The Bertz CT molecular complexity index is 467. The van der Waals surface area contributed by atoms with E-state index in [0.717, 1.165) is 31.9 Å². The second-order valence-electron chi connectivity index (χ2n) is 6.95. The Balaban J connectivity index is 2.29. The van der Waals surface area contributed by atoms with Gasteiger partial charge in [0.25, 0.3) is 0 Å². The molecule has 23 heavy (non-hydrogen) atoms. The van der Waals surface area contributed by atoms with Crippen LogP contribution in [0, 0.1) is 0 Å². The van der Waals surface area contributed by atoms with Crippen LogP contribution in [0.2, 0.25) is 0 Å². The van der Waals surface area contributed by atoms with Crippen molar-refractivity contribution in [2.75, 3.05) is 33.3 Å². The average molecular weight is 319 g/mol. The largest absolute Gasteiger partial charge is 0.496 e. The van der Waals surface area contributed by atoms with Crippen molar-refractivity contribution in [2.45, 2.75) is 58.4 Å². The van der Waals surface area contributed by atoms with Crippen LogP contribution in [0.15, 0.2) is 18.2 Å². The van der Waals surface area contributed by atoms with Crippen molar-refractivity contribution in [3.05, 3.63) is 29.3 Å². The highest BCUT2D eigenvalue weighted by Crippen LogP contribution is 2.35. The lowest BCUT2D eigenvalue weighted by molar-refractivity contribution is 0.160. The van der Waals surface area contributed by atoms with Gasteiger partial charge in [-0.15, -0.1) is 0 Å². The van der Waals surface area contributed by atoms with Crippen LogP contribution < -0.4 is 10.1 Å². The molecular weight excluding hydrogens is 284 g/mol. The number of hydrogen-bond acceptors (Lipinski definition) is 3. The van der Waals surface area contributed by atoms with Crippen molar-refractivity contribution in [3.8, 4) is 5.75 Å². The minimum Gasteiger partial charge on any atom is -0.496 e. The molecule has 0 aromatic heterocycles. The average Bonchev–Trinajstić information content (AvgIpc) is 2.59. The van der Waals surface area contributed by atoms with Gasteiger partial charge in [0.05, 0.1) is 7.11 Å². The van der Waals surface area contributed by atoms with Gasteiger partial charge in [0.1, 0.15) is 5.75 Å². The van der Waals surface area contributed by atoms with E-state index in [9.17, 15) is 0 Å². The van der Waals surface area contributed by atoms with Gasteiger partial charge in [0, 0.05) is 37.8 Å². The second kappa shape index (κ2) is 9.29. The minimum absolute atomic E-state index is 0.484. The first-order chi connectivity index (χ1) is 11.2. The first kappa shape index (κ1) is 18.3. The Hall–Kier alpha value is -1.06. The van der Waals surface area contributed by atoms with E-state index < -0.39 is 0 Å². The van der Waals surface area contributed by atoms with Crippen LogP contribution in [0.4, 0.5) is 0 Å². The third-order valence-electron chi connectivity index (χ3n) is 4.95. The third-order valence-corrected chi connectivity index (χ3v) is 4.95. The van der Waals surface area contributed by atoms with Crippen molar-refractivity contribution in [3.63, 3.8) is 0 Å². The standard InChI is InChI=1S/C20H34N2O/c1-5-6-7-8-19(22-13-11-21-12-14-22)18-15-17(16(2)3)9-10-20(18)23-4/h9-10,15-16,19,21H,5-8,11-14H2,1-4H3/t19-/m0/s1. The lowest BCUT2D eigenvalue weighted by Gasteiger charge is -2.36. The van der Waals surface area contributed by atoms with Gasteiger partial charge < -0.3 is 10.1 Å². The quantitative estimate of drug-likeness (QED) is 0.721. The molecule has 1 aliphatic rings. The highest BCUT2D eigenvalue weighted by Gasteiger charge is 2.25. The molecule has 0 radical (unpaired) electrons. The number of nitrogens with one attached hydrogen (secondary N) is 1. The smallest absolute Gasteiger partial charge is 0.123 e. The topological polar surface area (TPSA) is 24.5 Å². The summed E-state index contributed by atoms with van der Waals surface area (Å²) >= 11 is 0. The molecule has 130 valence electrons. The van der Waals surface area contributed by atoms with Crippen molar-refractivity contribution >= 4 is 0 Å². The van der Waals surface area contributed by atoms with Crippen LogP contribution in [-0.2, 0) is 0 Å². The van der Waals surface area contributed by atoms with Crippen molar-refractivity contribution in [1.29, 1.82) is 0 Å². The number of hydrogen-bond donors (Lipinski definition) is 1. The summed E-state index contributed by atoms with van der Waals surface area (Å²) in [6.45, 7) is 11.3. The second-order valence-corrected chi connectivity index (χ2v) is 6.95. The fourth-order valence-corrected chi connectivity index (χ4v) is 3.49. The Kier molecular flexibility index (Phi) is 7.38. The molecule has 1 heterocycles. The van der Waals surface area contributed by atoms with E-state index in [1.807, 2.05) is 0 Å². The highest BCUT2D eigenvalue weighted by molar-refractivity contribution is 5.40. The Morgan fingerprint density at radius 1 is 1.17 bits per heavy atom. The number of nitrogens with zero attached hydrogens (tertiary/aromatic N) is 1. The maximum atomic E-state index is 5.72. The molecule has 1 atom stereocenters. The Morgan fingerprint density at radius 3 is 2.52 bits per heavy atom. The molecule has 0 aliphatic carbocycles. The van der Waals surface area contributed by atoms with Gasteiger partial charge in [-0.1, -0.05) is 52.2 Å². The van der Waals surface area contributed by atoms with Crippen LogP contribution in [0.1, 0.15) is 69.5 Å². The molecule has 1 aromatic rings. The summed E-state index contributed by atoms with van der Waals surface area (Å²) in [5.74, 6) is 1.61. The lowest BCUT2D eigenvalue weighted by atomic mass is 9.93. The molecule has 1 aromatic carbocycles. The zero-order chi connectivity index (χ0) is 16.7. The van der Waals surface area contributed by atoms with E-state index in [-0.39, 0.29) is 0 Å². The van der Waals surface area contributed by atoms with Gasteiger partial charge in [0.15, 0.2) is 0 Å². The molecule has 2 rings (SSSR count). The SMILES string of the molecule is CCCCC[C@@H](c1cc(C(C)C)ccc1OC)N1CCNCC1. The monoisotopic (exact) mass is 318 g/mol. The van der Waals surface area contributed by atoms with Crippen LogP contribution in [0.5, 0.6) is 5.75 Å². The molecule has 1 saturated heterocycles. The molecule has 0 amide bonds. The van der Waals surface area contributed by atoms with Gasteiger partial charge in [-0.3, -0.25) is 4.90 Å². The van der Waals surface area contributed by atoms with Crippen molar-refractivity contribution in [2.24, 2.45) is 0 Å². The predicted octanol–water partition coefficient (Wildman–Crippen LogP) is 4.35. The lowest BCUT2D eigenvalue weighted by Crippen LogP contribution is -2.45. The molecule has 3 heteroatoms. The Morgan fingerprint density at radius 2 is 1.91 bits per heavy atom. The van der Waals surface area contributed by atoms with E-state index in [4.69, 9.17) is 4.74 Å². The number of rotatable bonds is 8. The van der Waals surface area contributed by atoms with E-state index in [1.165, 1.54) is 36.8 Å². The van der Waals surface area contributed by atoms with E-state index in [1.54, 1.807) is 7.11 Å². The summed E-state index contributed by atoms with van der Waals surface area (Å²) in [5, 5.41) is 3.47. The summed E-state index contributed by atoms with van der Waals surface area (Å²) < 4.78 is 5.72. The molecule has 3 nitrogen and oxygen atoms in total. The number of ether oxygens (including phenoxy) is 1. The van der Waals surface area contributed by atoms with Gasteiger partial charge in [-0.25, -0.2) is 0 Å². The first-order valence-electron chi connectivity index (χ1n) is 9.30. The summed E-state index contributed by atoms with van der Waals surface area (Å²) in [6.07, 6.45) is 5.11. The summed E-state index contributed by atoms with van der Waals surface area (Å²) in [4.78, 5) is 2.65. The third kappa shape index (κ3) is 4.95. The number of benzene rings is 1. The maximum Gasteiger partial charge on any atom is 0.123 e. The summed E-state index contributed by atoms with van der Waals surface area (Å²) in [7, 11) is 1.80. The fourth-order valence-electron chi connectivity index (χ4n) is 3.49. The molecule has 1 aliphatic heterocycles. The number of unbranched alkanes of at least 4 members (excludes halogenated alkanes) is 2. The van der Waals surface area contributed by atoms with E-state index in [0.29, 0.717) is 12.0 Å². The first-order valence-corrected chi connectivity index (χ1v) is 9.30. The minimum atomic E-state index is 0.484. The van der Waals surface area contributed by atoms with Crippen LogP contribution in [0.25, 0.3) is 0 Å². The summed E-state index contributed by atoms with van der Waals surface area (Å²) in [6, 6.07) is 7.26. The zero-order valence-electron chi connectivity index (χ0n) is 15.4. The van der Waals surface area contributed by atoms with Gasteiger partial charge >= 0.3 is 0 Å². The fraction of sp³-hybridized carbons (Fsp3) is 0.700. The predicted molar refractivity (Wildman–Crippen MR) is 98.4 cm³/mol. The van der Waals surface area contributed by atoms with Gasteiger partial charge in [-0.2, -0.15) is 0 Å². The molecule has 1 N–H and O–H groups in total. The zero-order valence-corrected chi connectivity index (χ0v) is 15.4. The maximum absolute atomic E-state index is 5.72. The number of methoxy groups -OCH3 is 1. The van der Waals surface area contributed by atoms with E-state index in [2.05, 4.69) is 49.2 Å².